The van der Waals surface area contributed by atoms with Gasteiger partial charge in [-0.3, -0.25) is 0 Å². The standard InChI is InChI=1S/C20H30N2O3/c23-13-9-18-8-4-5-12-22(18)19(24)21-16-20(10-14-25-15-11-20)17-6-2-1-3-7-17/h1-3,6-7,18,23H,4-5,8-16H2,(H,21,24). The molecule has 1 unspecified atom stereocenters. The first kappa shape index (κ1) is 18.2. The molecule has 0 saturated carbocycles. The van der Waals surface area contributed by atoms with Crippen molar-refractivity contribution in [2.45, 2.75) is 50.0 Å². The summed E-state index contributed by atoms with van der Waals surface area (Å²) >= 11 is 0. The summed E-state index contributed by atoms with van der Waals surface area (Å²) in [7, 11) is 0. The van der Waals surface area contributed by atoms with E-state index in [0.29, 0.717) is 13.0 Å². The molecule has 1 aromatic carbocycles. The van der Waals surface area contributed by atoms with Gasteiger partial charge in [0.2, 0.25) is 0 Å². The Kier molecular flexibility index (Phi) is 6.32. The van der Waals surface area contributed by atoms with Crippen LogP contribution in [0.15, 0.2) is 30.3 Å². The summed E-state index contributed by atoms with van der Waals surface area (Å²) in [5.74, 6) is 0. The first-order valence-electron chi connectivity index (χ1n) is 9.54. The molecule has 0 spiro atoms. The second-order valence-corrected chi connectivity index (χ2v) is 7.27. The van der Waals surface area contributed by atoms with Crippen molar-refractivity contribution in [2.75, 3.05) is 32.9 Å². The van der Waals surface area contributed by atoms with Crippen molar-refractivity contribution in [1.82, 2.24) is 10.2 Å². The van der Waals surface area contributed by atoms with Crippen molar-refractivity contribution in [2.24, 2.45) is 0 Å². The van der Waals surface area contributed by atoms with Crippen LogP contribution in [0, 0.1) is 0 Å². The Balaban J connectivity index is 1.67. The highest BCUT2D eigenvalue weighted by Crippen LogP contribution is 2.34. The largest absolute Gasteiger partial charge is 0.396 e. The lowest BCUT2D eigenvalue weighted by Gasteiger charge is -2.40. The molecule has 0 aliphatic carbocycles. The first-order valence-corrected chi connectivity index (χ1v) is 9.54. The molecule has 1 atom stereocenters. The minimum absolute atomic E-state index is 0.0138. The van der Waals surface area contributed by atoms with Gasteiger partial charge in [0.25, 0.3) is 0 Å². The van der Waals surface area contributed by atoms with Gasteiger partial charge in [0, 0.05) is 44.4 Å². The molecule has 25 heavy (non-hydrogen) atoms. The fourth-order valence-electron chi connectivity index (χ4n) is 4.18. The highest BCUT2D eigenvalue weighted by Gasteiger charge is 2.36. The molecule has 2 N–H and O–H groups in total. The number of aliphatic hydroxyl groups is 1. The van der Waals surface area contributed by atoms with E-state index in [-0.39, 0.29) is 24.1 Å². The second-order valence-electron chi connectivity index (χ2n) is 7.27. The molecule has 2 saturated heterocycles. The summed E-state index contributed by atoms with van der Waals surface area (Å²) in [6, 6.07) is 10.7. The number of piperidine rings is 1. The van der Waals surface area contributed by atoms with Crippen LogP contribution in [0.2, 0.25) is 0 Å². The third-order valence-corrected chi connectivity index (χ3v) is 5.76. The predicted molar refractivity (Wildman–Crippen MR) is 97.6 cm³/mol. The van der Waals surface area contributed by atoms with Crippen LogP contribution in [0.3, 0.4) is 0 Å². The molecule has 138 valence electrons. The smallest absolute Gasteiger partial charge is 0.317 e. The Bertz CT molecular complexity index is 541. The SMILES string of the molecule is O=C(NCC1(c2ccccc2)CCOCC1)N1CCCCC1CCO. The number of hydrogen-bond acceptors (Lipinski definition) is 3. The van der Waals surface area contributed by atoms with E-state index >= 15 is 0 Å². The zero-order chi connectivity index (χ0) is 17.5. The van der Waals surface area contributed by atoms with Gasteiger partial charge < -0.3 is 20.1 Å². The summed E-state index contributed by atoms with van der Waals surface area (Å²) in [5, 5.41) is 12.5. The fourth-order valence-corrected chi connectivity index (χ4v) is 4.18. The van der Waals surface area contributed by atoms with Crippen LogP contribution < -0.4 is 5.32 Å². The van der Waals surface area contributed by atoms with Crippen LogP contribution >= 0.6 is 0 Å². The van der Waals surface area contributed by atoms with Crippen LogP contribution in [0.4, 0.5) is 4.79 Å². The van der Waals surface area contributed by atoms with Crippen molar-refractivity contribution in [3.8, 4) is 0 Å². The van der Waals surface area contributed by atoms with Crippen molar-refractivity contribution in [3.63, 3.8) is 0 Å². The molecular weight excluding hydrogens is 316 g/mol. The normalized spacial score (nSPS) is 23.2. The average molecular weight is 346 g/mol. The fraction of sp³-hybridized carbons (Fsp3) is 0.650. The lowest BCUT2D eigenvalue weighted by molar-refractivity contribution is 0.0493. The molecule has 3 rings (SSSR count). The minimum Gasteiger partial charge on any atom is -0.396 e. The van der Waals surface area contributed by atoms with Crippen molar-refractivity contribution < 1.29 is 14.6 Å². The number of rotatable bonds is 5. The molecular formula is C20H30N2O3. The molecule has 2 heterocycles. The number of nitrogens with one attached hydrogen (secondary N) is 1. The van der Waals surface area contributed by atoms with E-state index in [0.717, 1.165) is 51.9 Å². The number of nitrogens with zero attached hydrogens (tertiary/aromatic N) is 1. The summed E-state index contributed by atoms with van der Waals surface area (Å²) in [5.41, 5.74) is 1.24. The summed E-state index contributed by atoms with van der Waals surface area (Å²) in [6.45, 7) is 3.04. The van der Waals surface area contributed by atoms with Crippen LogP contribution in [-0.2, 0) is 10.2 Å². The minimum atomic E-state index is -0.0442. The third-order valence-electron chi connectivity index (χ3n) is 5.76. The first-order chi connectivity index (χ1) is 12.2. The Morgan fingerprint density at radius 2 is 2.00 bits per heavy atom. The molecule has 0 aromatic heterocycles. The molecule has 1 aromatic rings. The average Bonchev–Trinajstić information content (AvgIpc) is 2.68. The number of carbonyl (C=O) groups is 1. The molecule has 0 bridgehead atoms. The van der Waals surface area contributed by atoms with Gasteiger partial charge in [0.15, 0.2) is 0 Å². The lowest BCUT2D eigenvalue weighted by Crippen LogP contribution is -2.52. The third kappa shape index (κ3) is 4.33. The maximum absolute atomic E-state index is 12.8. The number of urea groups is 1. The van der Waals surface area contributed by atoms with Gasteiger partial charge in [-0.15, -0.1) is 0 Å². The Morgan fingerprint density at radius 1 is 1.24 bits per heavy atom. The molecule has 5 nitrogen and oxygen atoms in total. The van der Waals surface area contributed by atoms with Gasteiger partial charge in [0.05, 0.1) is 0 Å². The van der Waals surface area contributed by atoms with Crippen LogP contribution in [0.25, 0.3) is 0 Å². The molecule has 2 amide bonds. The van der Waals surface area contributed by atoms with Crippen LogP contribution in [-0.4, -0.2) is 55.0 Å². The summed E-state index contributed by atoms with van der Waals surface area (Å²) in [4.78, 5) is 14.7. The summed E-state index contributed by atoms with van der Waals surface area (Å²) in [6.07, 6.45) is 5.71. The number of carbonyl (C=O) groups excluding carboxylic acids is 1. The van der Waals surface area contributed by atoms with E-state index < -0.39 is 0 Å². The van der Waals surface area contributed by atoms with E-state index in [1.165, 1.54) is 5.56 Å². The number of benzene rings is 1. The monoisotopic (exact) mass is 346 g/mol. The van der Waals surface area contributed by atoms with Gasteiger partial charge in [-0.1, -0.05) is 30.3 Å². The number of likely N-dealkylation sites (tertiary alicyclic amines) is 1. The van der Waals surface area contributed by atoms with E-state index in [9.17, 15) is 9.90 Å². The number of amides is 2. The van der Waals surface area contributed by atoms with Gasteiger partial charge in [-0.05, 0) is 44.1 Å². The van der Waals surface area contributed by atoms with E-state index in [2.05, 4.69) is 29.6 Å². The molecule has 2 aliphatic heterocycles. The maximum Gasteiger partial charge on any atom is 0.317 e. The molecule has 5 heteroatoms. The van der Waals surface area contributed by atoms with E-state index in [1.54, 1.807) is 0 Å². The number of aliphatic hydroxyl groups excluding tert-OH is 1. The van der Waals surface area contributed by atoms with Crippen LogP contribution in [0.5, 0.6) is 0 Å². The van der Waals surface area contributed by atoms with Crippen LogP contribution in [0.1, 0.15) is 44.1 Å². The molecule has 2 aliphatic rings. The van der Waals surface area contributed by atoms with E-state index in [1.807, 2.05) is 11.0 Å². The van der Waals surface area contributed by atoms with E-state index in [4.69, 9.17) is 4.74 Å². The predicted octanol–water partition coefficient (Wildman–Crippen LogP) is 2.68. The Hall–Kier alpha value is -1.59. The topological polar surface area (TPSA) is 61.8 Å². The summed E-state index contributed by atoms with van der Waals surface area (Å²) < 4.78 is 5.57. The molecule has 2 fully saturated rings. The van der Waals surface area contributed by atoms with Gasteiger partial charge >= 0.3 is 6.03 Å². The molecule has 0 radical (unpaired) electrons. The van der Waals surface area contributed by atoms with Gasteiger partial charge in [-0.2, -0.15) is 0 Å². The van der Waals surface area contributed by atoms with Gasteiger partial charge in [-0.25, -0.2) is 4.79 Å². The Morgan fingerprint density at radius 3 is 2.72 bits per heavy atom. The number of hydrogen-bond donors (Lipinski definition) is 2. The zero-order valence-corrected chi connectivity index (χ0v) is 15.0. The maximum atomic E-state index is 12.8. The van der Waals surface area contributed by atoms with Crippen molar-refractivity contribution in [1.29, 1.82) is 0 Å². The Labute approximate surface area is 150 Å². The second kappa shape index (κ2) is 8.68. The lowest BCUT2D eigenvalue weighted by atomic mass is 9.74. The quantitative estimate of drug-likeness (QED) is 0.862. The highest BCUT2D eigenvalue weighted by molar-refractivity contribution is 5.74. The van der Waals surface area contributed by atoms with Crippen molar-refractivity contribution in [3.05, 3.63) is 35.9 Å². The number of ether oxygens (including phenoxy) is 1. The van der Waals surface area contributed by atoms with Gasteiger partial charge in [0.1, 0.15) is 0 Å². The zero-order valence-electron chi connectivity index (χ0n) is 15.0. The van der Waals surface area contributed by atoms with Crippen molar-refractivity contribution >= 4 is 6.03 Å². The highest BCUT2D eigenvalue weighted by atomic mass is 16.5.